The Hall–Kier alpha value is -2.51. The number of carbonyl (C=O) groups excluding carboxylic acids is 1. The highest BCUT2D eigenvalue weighted by molar-refractivity contribution is 7.10. The summed E-state index contributed by atoms with van der Waals surface area (Å²) >= 11 is 1.55. The molecule has 0 spiro atoms. The van der Waals surface area contributed by atoms with Crippen LogP contribution in [0.5, 0.6) is 0 Å². The van der Waals surface area contributed by atoms with E-state index in [0.29, 0.717) is 11.0 Å². The van der Waals surface area contributed by atoms with E-state index in [-0.39, 0.29) is 18.3 Å². The summed E-state index contributed by atoms with van der Waals surface area (Å²) in [5.74, 6) is -0.518. The van der Waals surface area contributed by atoms with Crippen LogP contribution < -0.4 is 10.9 Å². The fourth-order valence-electron chi connectivity index (χ4n) is 2.23. The number of benzene rings is 1. The van der Waals surface area contributed by atoms with Crippen molar-refractivity contribution in [1.82, 2.24) is 15.3 Å². The van der Waals surface area contributed by atoms with Gasteiger partial charge in [0.05, 0.1) is 11.0 Å². The average Bonchev–Trinajstić information content (AvgIpc) is 3.09. The number of aromatic nitrogens is 2. The van der Waals surface area contributed by atoms with Crippen molar-refractivity contribution < 1.29 is 9.53 Å². The Morgan fingerprint density at radius 2 is 2.17 bits per heavy atom. The Morgan fingerprint density at radius 3 is 2.91 bits per heavy atom. The second-order valence-electron chi connectivity index (χ2n) is 4.88. The molecule has 6 nitrogen and oxygen atoms in total. The SMILES string of the molecule is CO[C@H](CNC(=O)c1nc2ccccc2[nH]c1=O)c1cccs1. The standard InChI is InChI=1S/C16H15N3O3S/c1-22-12(13-7-4-8-23-13)9-17-15(20)14-16(21)19-11-6-3-2-5-10(11)18-14/h2-8,12H,9H2,1H3,(H,17,20)(H,19,21)/t12-/m1/s1. The first-order valence-electron chi connectivity index (χ1n) is 7.02. The van der Waals surface area contributed by atoms with E-state index in [1.54, 1.807) is 42.7 Å². The van der Waals surface area contributed by atoms with Crippen LogP contribution >= 0.6 is 11.3 Å². The van der Waals surface area contributed by atoms with Gasteiger partial charge in [-0.2, -0.15) is 0 Å². The number of hydrogen-bond acceptors (Lipinski definition) is 5. The second kappa shape index (κ2) is 6.72. The zero-order valence-corrected chi connectivity index (χ0v) is 13.2. The maximum absolute atomic E-state index is 12.3. The van der Waals surface area contributed by atoms with Crippen LogP contribution in [-0.4, -0.2) is 29.5 Å². The van der Waals surface area contributed by atoms with Gasteiger partial charge in [-0.25, -0.2) is 4.98 Å². The van der Waals surface area contributed by atoms with Gasteiger partial charge in [0.25, 0.3) is 11.5 Å². The minimum atomic E-state index is -0.518. The highest BCUT2D eigenvalue weighted by Crippen LogP contribution is 2.21. The number of carbonyl (C=O) groups is 1. The van der Waals surface area contributed by atoms with Crippen LogP contribution in [0, 0.1) is 0 Å². The van der Waals surface area contributed by atoms with E-state index >= 15 is 0 Å². The predicted molar refractivity (Wildman–Crippen MR) is 88.8 cm³/mol. The molecule has 0 radical (unpaired) electrons. The number of amides is 1. The number of H-pyrrole nitrogens is 1. The summed E-state index contributed by atoms with van der Waals surface area (Å²) in [6.45, 7) is 0.268. The number of rotatable bonds is 5. The molecule has 2 heterocycles. The average molecular weight is 329 g/mol. The van der Waals surface area contributed by atoms with Gasteiger partial charge in [0.2, 0.25) is 0 Å². The number of aromatic amines is 1. The quantitative estimate of drug-likeness (QED) is 0.751. The number of para-hydroxylation sites is 2. The molecular weight excluding hydrogens is 314 g/mol. The maximum Gasteiger partial charge on any atom is 0.280 e. The van der Waals surface area contributed by atoms with Crippen LogP contribution in [-0.2, 0) is 4.74 Å². The molecule has 0 unspecified atom stereocenters. The van der Waals surface area contributed by atoms with Crippen molar-refractivity contribution in [2.45, 2.75) is 6.10 Å². The number of fused-ring (bicyclic) bond motifs is 1. The molecule has 118 valence electrons. The van der Waals surface area contributed by atoms with Crippen LogP contribution in [0.3, 0.4) is 0 Å². The highest BCUT2D eigenvalue weighted by Gasteiger charge is 2.17. The van der Waals surface area contributed by atoms with Crippen LogP contribution in [0.4, 0.5) is 0 Å². The first kappa shape index (κ1) is 15.4. The number of nitrogens with zero attached hydrogens (tertiary/aromatic N) is 1. The van der Waals surface area contributed by atoms with Crippen molar-refractivity contribution in [2.24, 2.45) is 0 Å². The molecule has 0 aliphatic carbocycles. The fourth-order valence-corrected chi connectivity index (χ4v) is 3.03. The minimum Gasteiger partial charge on any atom is -0.374 e. The molecule has 0 fully saturated rings. The van der Waals surface area contributed by atoms with E-state index in [1.165, 1.54) is 0 Å². The zero-order valence-electron chi connectivity index (χ0n) is 12.4. The van der Waals surface area contributed by atoms with Crippen LogP contribution in [0.15, 0.2) is 46.6 Å². The van der Waals surface area contributed by atoms with Gasteiger partial charge in [0, 0.05) is 18.5 Å². The van der Waals surface area contributed by atoms with Gasteiger partial charge in [0.15, 0.2) is 5.69 Å². The molecule has 0 aliphatic heterocycles. The Balaban J connectivity index is 1.78. The Labute approximate surface area is 136 Å². The Morgan fingerprint density at radius 1 is 1.35 bits per heavy atom. The summed E-state index contributed by atoms with van der Waals surface area (Å²) in [7, 11) is 1.58. The topological polar surface area (TPSA) is 84.1 Å². The van der Waals surface area contributed by atoms with Gasteiger partial charge < -0.3 is 15.0 Å². The Bertz CT molecular complexity index is 874. The largest absolute Gasteiger partial charge is 0.374 e. The van der Waals surface area contributed by atoms with Gasteiger partial charge >= 0.3 is 0 Å². The molecule has 7 heteroatoms. The van der Waals surface area contributed by atoms with Crippen LogP contribution in [0.25, 0.3) is 11.0 Å². The second-order valence-corrected chi connectivity index (χ2v) is 5.86. The Kier molecular flexibility index (Phi) is 4.50. The molecule has 0 aliphatic rings. The van der Waals surface area contributed by atoms with E-state index in [1.807, 2.05) is 17.5 Å². The van der Waals surface area contributed by atoms with Crippen molar-refractivity contribution in [3.8, 4) is 0 Å². The number of nitrogens with one attached hydrogen (secondary N) is 2. The molecule has 1 aromatic carbocycles. The zero-order chi connectivity index (χ0) is 16.2. The van der Waals surface area contributed by atoms with Crippen molar-refractivity contribution in [3.05, 3.63) is 62.7 Å². The molecule has 2 aromatic heterocycles. The van der Waals surface area contributed by atoms with E-state index < -0.39 is 11.5 Å². The lowest BCUT2D eigenvalue weighted by Gasteiger charge is -2.14. The maximum atomic E-state index is 12.3. The smallest absolute Gasteiger partial charge is 0.280 e. The summed E-state index contributed by atoms with van der Waals surface area (Å²) in [4.78, 5) is 32.1. The molecule has 1 atom stereocenters. The summed E-state index contributed by atoms with van der Waals surface area (Å²) in [5.41, 5.74) is 0.511. The monoisotopic (exact) mass is 329 g/mol. The van der Waals surface area contributed by atoms with Gasteiger partial charge in [-0.3, -0.25) is 9.59 Å². The lowest BCUT2D eigenvalue weighted by atomic mass is 10.2. The third kappa shape index (κ3) is 3.30. The van der Waals surface area contributed by atoms with Gasteiger partial charge in [-0.15, -0.1) is 11.3 Å². The van der Waals surface area contributed by atoms with Gasteiger partial charge in [-0.05, 0) is 23.6 Å². The molecule has 3 rings (SSSR count). The third-order valence-corrected chi connectivity index (χ3v) is 4.37. The van der Waals surface area contributed by atoms with E-state index in [4.69, 9.17) is 4.74 Å². The lowest BCUT2D eigenvalue weighted by molar-refractivity contribution is 0.0833. The number of methoxy groups -OCH3 is 1. The number of ether oxygens (including phenoxy) is 1. The molecule has 2 N–H and O–H groups in total. The van der Waals surface area contributed by atoms with Gasteiger partial charge in [0.1, 0.15) is 6.10 Å². The van der Waals surface area contributed by atoms with Crippen LogP contribution in [0.1, 0.15) is 21.5 Å². The summed E-state index contributed by atoms with van der Waals surface area (Å²) in [5, 5.41) is 4.65. The number of hydrogen-bond donors (Lipinski definition) is 2. The third-order valence-electron chi connectivity index (χ3n) is 3.41. The highest BCUT2D eigenvalue weighted by atomic mass is 32.1. The molecule has 1 amide bonds. The first-order valence-corrected chi connectivity index (χ1v) is 7.90. The van der Waals surface area contributed by atoms with Crippen molar-refractivity contribution in [3.63, 3.8) is 0 Å². The first-order chi connectivity index (χ1) is 11.2. The van der Waals surface area contributed by atoms with Crippen molar-refractivity contribution in [1.29, 1.82) is 0 Å². The molecule has 3 aromatic rings. The molecule has 0 saturated carbocycles. The molecule has 0 saturated heterocycles. The molecule has 23 heavy (non-hydrogen) atoms. The summed E-state index contributed by atoms with van der Waals surface area (Å²) < 4.78 is 5.37. The van der Waals surface area contributed by atoms with Gasteiger partial charge in [-0.1, -0.05) is 18.2 Å². The molecule has 0 bridgehead atoms. The fraction of sp³-hybridized carbons (Fsp3) is 0.188. The van der Waals surface area contributed by atoms with E-state index in [0.717, 1.165) is 4.88 Å². The number of thiophene rings is 1. The summed E-state index contributed by atoms with van der Waals surface area (Å²) in [6, 6.07) is 10.9. The lowest BCUT2D eigenvalue weighted by Crippen LogP contribution is -2.34. The predicted octanol–water partition coefficient (Wildman–Crippen LogP) is 2.10. The van der Waals surface area contributed by atoms with Crippen LogP contribution in [0.2, 0.25) is 0 Å². The van der Waals surface area contributed by atoms with Crippen molar-refractivity contribution >= 4 is 28.3 Å². The van der Waals surface area contributed by atoms with Crippen molar-refractivity contribution in [2.75, 3.05) is 13.7 Å². The molecular formula is C16H15N3O3S. The normalized spacial score (nSPS) is 12.2. The summed E-state index contributed by atoms with van der Waals surface area (Å²) in [6.07, 6.45) is -0.251. The minimum absolute atomic E-state index is 0.148. The van der Waals surface area contributed by atoms with E-state index in [2.05, 4.69) is 15.3 Å². The van der Waals surface area contributed by atoms with E-state index in [9.17, 15) is 9.59 Å².